The van der Waals surface area contributed by atoms with E-state index >= 15 is 0 Å². The molecule has 0 saturated carbocycles. The standard InChI is InChI=1S/C23H16N4OS/c1-15-20(6-3-11-25-15)22(28)27-23-26-21(14-29-23)19-5-2-4-18(12-19)17-9-7-16(13-24)8-10-17/h2-12,14H,1H3,(H,26,27,28). The number of nitriles is 1. The lowest BCUT2D eigenvalue weighted by Crippen LogP contribution is -2.13. The van der Waals surface area contributed by atoms with Crippen LogP contribution >= 0.6 is 11.3 Å². The summed E-state index contributed by atoms with van der Waals surface area (Å²) in [6.07, 6.45) is 1.66. The smallest absolute Gasteiger partial charge is 0.259 e. The molecule has 0 aliphatic carbocycles. The van der Waals surface area contributed by atoms with Crippen molar-refractivity contribution >= 4 is 22.4 Å². The summed E-state index contributed by atoms with van der Waals surface area (Å²) in [5.74, 6) is -0.220. The van der Waals surface area contributed by atoms with Gasteiger partial charge in [0.05, 0.1) is 22.9 Å². The van der Waals surface area contributed by atoms with Crippen LogP contribution in [0.5, 0.6) is 0 Å². The first-order chi connectivity index (χ1) is 14.1. The molecular weight excluding hydrogens is 380 g/mol. The third kappa shape index (κ3) is 4.05. The zero-order valence-electron chi connectivity index (χ0n) is 15.6. The van der Waals surface area contributed by atoms with Gasteiger partial charge in [0.25, 0.3) is 5.91 Å². The Kier molecular flexibility index (Phi) is 5.14. The number of amides is 1. The Balaban J connectivity index is 1.56. The Morgan fingerprint density at radius 2 is 1.83 bits per heavy atom. The average Bonchev–Trinajstić information content (AvgIpc) is 3.22. The second-order valence-electron chi connectivity index (χ2n) is 6.40. The maximum atomic E-state index is 12.5. The molecule has 2 aromatic heterocycles. The fourth-order valence-corrected chi connectivity index (χ4v) is 3.66. The van der Waals surface area contributed by atoms with Crippen molar-refractivity contribution in [3.8, 4) is 28.5 Å². The van der Waals surface area contributed by atoms with Crippen molar-refractivity contribution in [2.45, 2.75) is 6.92 Å². The number of hydrogen-bond acceptors (Lipinski definition) is 5. The molecule has 0 aliphatic rings. The van der Waals surface area contributed by atoms with Crippen molar-refractivity contribution in [2.75, 3.05) is 5.32 Å². The minimum atomic E-state index is -0.220. The Hall–Kier alpha value is -3.82. The third-order valence-corrected chi connectivity index (χ3v) is 5.24. The second kappa shape index (κ2) is 8.05. The highest BCUT2D eigenvalue weighted by Gasteiger charge is 2.12. The van der Waals surface area contributed by atoms with Crippen molar-refractivity contribution in [1.29, 1.82) is 5.26 Å². The molecule has 140 valence electrons. The van der Waals surface area contributed by atoms with Gasteiger partial charge >= 0.3 is 0 Å². The van der Waals surface area contributed by atoms with Crippen LogP contribution in [0.1, 0.15) is 21.6 Å². The highest BCUT2D eigenvalue weighted by Crippen LogP contribution is 2.29. The van der Waals surface area contributed by atoms with E-state index in [1.165, 1.54) is 11.3 Å². The predicted molar refractivity (Wildman–Crippen MR) is 115 cm³/mol. The molecule has 1 amide bonds. The maximum absolute atomic E-state index is 12.5. The SMILES string of the molecule is Cc1ncccc1C(=O)Nc1nc(-c2cccc(-c3ccc(C#N)cc3)c2)cs1. The quantitative estimate of drug-likeness (QED) is 0.507. The van der Waals surface area contributed by atoms with E-state index in [9.17, 15) is 4.79 Å². The van der Waals surface area contributed by atoms with Crippen molar-refractivity contribution in [1.82, 2.24) is 9.97 Å². The molecule has 6 heteroatoms. The Labute approximate surface area is 172 Å². The fourth-order valence-electron chi connectivity index (χ4n) is 2.95. The summed E-state index contributed by atoms with van der Waals surface area (Å²) in [6, 6.07) is 21.1. The van der Waals surface area contributed by atoms with Crippen molar-refractivity contribution < 1.29 is 4.79 Å². The molecule has 0 saturated heterocycles. The van der Waals surface area contributed by atoms with E-state index in [0.717, 1.165) is 22.4 Å². The van der Waals surface area contributed by atoms with E-state index in [1.807, 2.05) is 41.8 Å². The molecule has 2 heterocycles. The number of thiazole rings is 1. The van der Waals surface area contributed by atoms with Crippen LogP contribution in [-0.2, 0) is 0 Å². The third-order valence-electron chi connectivity index (χ3n) is 4.48. The lowest BCUT2D eigenvalue weighted by Gasteiger charge is -2.05. The lowest BCUT2D eigenvalue weighted by atomic mass is 10.0. The van der Waals surface area contributed by atoms with Gasteiger partial charge in [0.1, 0.15) is 0 Å². The van der Waals surface area contributed by atoms with Crippen LogP contribution in [0.4, 0.5) is 5.13 Å². The number of nitrogens with zero attached hydrogens (tertiary/aromatic N) is 3. The van der Waals surface area contributed by atoms with E-state index < -0.39 is 0 Å². The topological polar surface area (TPSA) is 78.7 Å². The number of carbonyl (C=O) groups excluding carboxylic acids is 1. The lowest BCUT2D eigenvalue weighted by molar-refractivity contribution is 0.102. The number of rotatable bonds is 4. The summed E-state index contributed by atoms with van der Waals surface area (Å²) in [7, 11) is 0. The number of benzene rings is 2. The molecule has 0 spiro atoms. The molecule has 0 atom stereocenters. The number of carbonyl (C=O) groups is 1. The molecule has 0 unspecified atom stereocenters. The van der Waals surface area contributed by atoms with Gasteiger partial charge in [0.15, 0.2) is 5.13 Å². The number of anilines is 1. The maximum Gasteiger partial charge on any atom is 0.259 e. The molecule has 0 bridgehead atoms. The fraction of sp³-hybridized carbons (Fsp3) is 0.0435. The first-order valence-corrected chi connectivity index (χ1v) is 9.81. The van der Waals surface area contributed by atoms with Crippen LogP contribution in [0.25, 0.3) is 22.4 Å². The highest BCUT2D eigenvalue weighted by molar-refractivity contribution is 7.14. The van der Waals surface area contributed by atoms with Gasteiger partial charge in [0.2, 0.25) is 0 Å². The molecule has 29 heavy (non-hydrogen) atoms. The van der Waals surface area contributed by atoms with Gasteiger partial charge < -0.3 is 0 Å². The predicted octanol–water partition coefficient (Wildman–Crippen LogP) is 5.30. The zero-order chi connectivity index (χ0) is 20.2. The molecule has 0 aliphatic heterocycles. The Morgan fingerprint density at radius 3 is 2.59 bits per heavy atom. The minimum absolute atomic E-state index is 0.220. The normalized spacial score (nSPS) is 10.3. The molecule has 0 fully saturated rings. The number of aryl methyl sites for hydroxylation is 1. The van der Waals surface area contributed by atoms with Crippen LogP contribution in [0.2, 0.25) is 0 Å². The van der Waals surface area contributed by atoms with Crippen molar-refractivity contribution in [3.63, 3.8) is 0 Å². The van der Waals surface area contributed by atoms with Gasteiger partial charge in [-0.05, 0) is 48.4 Å². The highest BCUT2D eigenvalue weighted by atomic mass is 32.1. The van der Waals surface area contributed by atoms with Crippen LogP contribution in [0, 0.1) is 18.3 Å². The van der Waals surface area contributed by atoms with E-state index in [4.69, 9.17) is 5.26 Å². The number of hydrogen-bond donors (Lipinski definition) is 1. The van der Waals surface area contributed by atoms with Crippen LogP contribution in [-0.4, -0.2) is 15.9 Å². The van der Waals surface area contributed by atoms with Crippen molar-refractivity contribution in [2.24, 2.45) is 0 Å². The molecule has 2 aromatic carbocycles. The van der Waals surface area contributed by atoms with Crippen LogP contribution in [0.3, 0.4) is 0 Å². The molecule has 4 aromatic rings. The van der Waals surface area contributed by atoms with Crippen LogP contribution < -0.4 is 5.32 Å². The summed E-state index contributed by atoms with van der Waals surface area (Å²) in [6.45, 7) is 1.80. The van der Waals surface area contributed by atoms with E-state index in [-0.39, 0.29) is 5.91 Å². The van der Waals surface area contributed by atoms with Gasteiger partial charge in [-0.25, -0.2) is 4.98 Å². The monoisotopic (exact) mass is 396 g/mol. The van der Waals surface area contributed by atoms with E-state index in [2.05, 4.69) is 21.4 Å². The number of nitrogens with one attached hydrogen (secondary N) is 1. The van der Waals surface area contributed by atoms with Gasteiger partial charge in [-0.1, -0.05) is 30.3 Å². The summed E-state index contributed by atoms with van der Waals surface area (Å²) < 4.78 is 0. The first kappa shape index (κ1) is 18.5. The summed E-state index contributed by atoms with van der Waals surface area (Å²) in [4.78, 5) is 21.2. The largest absolute Gasteiger partial charge is 0.298 e. The molecular formula is C23H16N4OS. The first-order valence-electron chi connectivity index (χ1n) is 8.93. The molecule has 1 N–H and O–H groups in total. The van der Waals surface area contributed by atoms with Crippen molar-refractivity contribution in [3.05, 3.63) is 89.1 Å². The minimum Gasteiger partial charge on any atom is -0.298 e. The Morgan fingerprint density at radius 1 is 1.03 bits per heavy atom. The summed E-state index contributed by atoms with van der Waals surface area (Å²) >= 11 is 1.38. The number of aromatic nitrogens is 2. The molecule has 5 nitrogen and oxygen atoms in total. The summed E-state index contributed by atoms with van der Waals surface area (Å²) in [5, 5.41) is 14.3. The van der Waals surface area contributed by atoms with Gasteiger partial charge in [-0.2, -0.15) is 5.26 Å². The van der Waals surface area contributed by atoms with Crippen LogP contribution in [0.15, 0.2) is 72.2 Å². The molecule has 0 radical (unpaired) electrons. The number of pyridine rings is 1. The average molecular weight is 396 g/mol. The van der Waals surface area contributed by atoms with Gasteiger partial charge in [0, 0.05) is 22.8 Å². The molecule has 4 rings (SSSR count). The Bertz CT molecular complexity index is 1220. The second-order valence-corrected chi connectivity index (χ2v) is 7.26. The van der Waals surface area contributed by atoms with E-state index in [0.29, 0.717) is 22.0 Å². The van der Waals surface area contributed by atoms with Gasteiger partial charge in [-0.3, -0.25) is 15.1 Å². The zero-order valence-corrected chi connectivity index (χ0v) is 16.4. The van der Waals surface area contributed by atoms with E-state index in [1.54, 1.807) is 37.4 Å². The summed E-state index contributed by atoms with van der Waals surface area (Å²) in [5.41, 5.74) is 5.67. The van der Waals surface area contributed by atoms with Gasteiger partial charge in [-0.15, -0.1) is 11.3 Å².